The minimum atomic E-state index is -0.495. The summed E-state index contributed by atoms with van der Waals surface area (Å²) in [6.07, 6.45) is 8.19. The first-order valence-corrected chi connectivity index (χ1v) is 12.4. The van der Waals surface area contributed by atoms with E-state index in [0.29, 0.717) is 17.7 Å². The number of thioether (sulfide) groups is 1. The van der Waals surface area contributed by atoms with Gasteiger partial charge in [-0.3, -0.25) is 19.3 Å². The van der Waals surface area contributed by atoms with Crippen LogP contribution in [0.5, 0.6) is 5.75 Å². The minimum absolute atomic E-state index is 0.0574. The number of aromatic hydroxyl groups is 1. The smallest absolute Gasteiger partial charge is 0.278 e. The summed E-state index contributed by atoms with van der Waals surface area (Å²) in [6.45, 7) is 0.666. The third kappa shape index (κ3) is 2.85. The Hall–Kier alpha value is -2.41. The molecular weight excluding hydrogens is 410 g/mol. The Morgan fingerprint density at radius 2 is 1.87 bits per heavy atom. The standard InChI is InChI=1S/C24H27N3O3S/c28-18-11-13-26-22(23(18)29)24(30)25-12-4-3-10-20(25)27(26)21-16-7-2-1-6-15(16)14-31-19-9-5-8-17(19)21/h1-2,6-7,11,13,17,19-21,29H,3-5,8-10,12,14H2. The summed E-state index contributed by atoms with van der Waals surface area (Å²) in [5.74, 6) is 0.827. The number of hydrogen-bond acceptors (Lipinski definition) is 5. The van der Waals surface area contributed by atoms with Crippen LogP contribution in [-0.4, -0.2) is 38.6 Å². The maximum Gasteiger partial charge on any atom is 0.278 e. The van der Waals surface area contributed by atoms with E-state index < -0.39 is 11.2 Å². The topological polar surface area (TPSA) is 65.8 Å². The predicted molar refractivity (Wildman–Crippen MR) is 121 cm³/mol. The molecule has 4 atom stereocenters. The predicted octanol–water partition coefficient (Wildman–Crippen LogP) is 3.61. The second-order valence-corrected chi connectivity index (χ2v) is 10.4. The number of hydrogen-bond donors (Lipinski definition) is 1. The molecule has 162 valence electrons. The van der Waals surface area contributed by atoms with Crippen molar-refractivity contribution >= 4 is 17.7 Å². The van der Waals surface area contributed by atoms with Gasteiger partial charge in [-0.05, 0) is 49.1 Å². The Labute approximate surface area is 185 Å². The van der Waals surface area contributed by atoms with E-state index in [-0.39, 0.29) is 23.8 Å². The summed E-state index contributed by atoms with van der Waals surface area (Å²) < 4.78 is 1.82. The van der Waals surface area contributed by atoms with Gasteiger partial charge in [0.15, 0.2) is 11.4 Å². The fourth-order valence-corrected chi connectivity index (χ4v) is 7.70. The molecule has 2 aromatic rings. The zero-order valence-corrected chi connectivity index (χ0v) is 18.3. The van der Waals surface area contributed by atoms with E-state index >= 15 is 0 Å². The highest BCUT2D eigenvalue weighted by Crippen LogP contribution is 2.50. The Bertz CT molecular complexity index is 1100. The third-order valence-electron chi connectivity index (χ3n) is 7.56. The lowest BCUT2D eigenvalue weighted by molar-refractivity contribution is 0.0429. The van der Waals surface area contributed by atoms with Crippen molar-refractivity contribution in [1.29, 1.82) is 0 Å². The summed E-state index contributed by atoms with van der Waals surface area (Å²) in [5, 5.41) is 13.6. The number of fused-ring (bicyclic) bond motifs is 4. The number of amides is 1. The lowest BCUT2D eigenvalue weighted by Gasteiger charge is -2.53. The molecule has 1 aliphatic carbocycles. The van der Waals surface area contributed by atoms with Crippen LogP contribution in [0.3, 0.4) is 0 Å². The summed E-state index contributed by atoms with van der Waals surface area (Å²) in [7, 11) is 0. The Kier molecular flexibility index (Phi) is 4.56. The van der Waals surface area contributed by atoms with Gasteiger partial charge in [0.25, 0.3) is 5.91 Å². The molecule has 4 unspecified atom stereocenters. The van der Waals surface area contributed by atoms with Crippen molar-refractivity contribution in [3.05, 3.63) is 63.6 Å². The van der Waals surface area contributed by atoms with Crippen molar-refractivity contribution in [1.82, 2.24) is 9.58 Å². The van der Waals surface area contributed by atoms with Gasteiger partial charge in [-0.1, -0.05) is 30.7 Å². The molecule has 2 fully saturated rings. The lowest BCUT2D eigenvalue weighted by atomic mass is 9.87. The normalized spacial score (nSPS) is 29.6. The van der Waals surface area contributed by atoms with Crippen molar-refractivity contribution < 1.29 is 9.90 Å². The highest BCUT2D eigenvalue weighted by atomic mass is 32.2. The molecule has 6 nitrogen and oxygen atoms in total. The molecule has 1 saturated carbocycles. The van der Waals surface area contributed by atoms with Crippen LogP contribution in [0.4, 0.5) is 0 Å². The zero-order chi connectivity index (χ0) is 21.1. The second-order valence-electron chi connectivity index (χ2n) is 9.16. The van der Waals surface area contributed by atoms with E-state index in [4.69, 9.17) is 0 Å². The average Bonchev–Trinajstić information content (AvgIpc) is 3.20. The van der Waals surface area contributed by atoms with Gasteiger partial charge < -0.3 is 10.0 Å². The quantitative estimate of drug-likeness (QED) is 0.738. The minimum Gasteiger partial charge on any atom is -0.502 e. The number of aromatic nitrogens is 1. The number of carbonyl (C=O) groups excluding carboxylic acids is 1. The number of carbonyl (C=O) groups is 1. The van der Waals surface area contributed by atoms with E-state index in [9.17, 15) is 14.7 Å². The van der Waals surface area contributed by atoms with E-state index in [1.165, 1.54) is 30.0 Å². The van der Waals surface area contributed by atoms with Crippen molar-refractivity contribution in [2.45, 2.75) is 61.7 Å². The highest BCUT2D eigenvalue weighted by Gasteiger charge is 2.48. The molecule has 1 aromatic carbocycles. The molecule has 1 N–H and O–H groups in total. The molecule has 1 amide bonds. The first kappa shape index (κ1) is 19.3. The Morgan fingerprint density at radius 3 is 2.77 bits per heavy atom. The van der Waals surface area contributed by atoms with Gasteiger partial charge in [-0.2, -0.15) is 11.8 Å². The molecule has 31 heavy (non-hydrogen) atoms. The van der Waals surface area contributed by atoms with E-state index in [1.807, 2.05) is 9.58 Å². The van der Waals surface area contributed by atoms with Crippen LogP contribution in [0.25, 0.3) is 0 Å². The van der Waals surface area contributed by atoms with Gasteiger partial charge in [0.2, 0.25) is 5.43 Å². The van der Waals surface area contributed by atoms with Crippen molar-refractivity contribution in [2.24, 2.45) is 5.92 Å². The van der Waals surface area contributed by atoms with Gasteiger partial charge in [-0.15, -0.1) is 0 Å². The number of benzene rings is 1. The summed E-state index contributed by atoms with van der Waals surface area (Å²) in [4.78, 5) is 27.5. The average molecular weight is 438 g/mol. The van der Waals surface area contributed by atoms with Gasteiger partial charge in [0.1, 0.15) is 6.17 Å². The van der Waals surface area contributed by atoms with Gasteiger partial charge in [0.05, 0.1) is 6.04 Å². The Balaban J connectivity index is 1.60. The molecule has 1 saturated heterocycles. The maximum absolute atomic E-state index is 13.4. The summed E-state index contributed by atoms with van der Waals surface area (Å²) in [5.41, 5.74) is 2.31. The van der Waals surface area contributed by atoms with E-state index in [1.54, 1.807) is 6.20 Å². The number of pyridine rings is 1. The molecule has 6 rings (SSSR count). The summed E-state index contributed by atoms with van der Waals surface area (Å²) in [6, 6.07) is 10.2. The number of piperidine rings is 1. The van der Waals surface area contributed by atoms with E-state index in [2.05, 4.69) is 41.0 Å². The van der Waals surface area contributed by atoms with E-state index in [0.717, 1.165) is 31.4 Å². The van der Waals surface area contributed by atoms with Crippen molar-refractivity contribution in [3.63, 3.8) is 0 Å². The first-order chi connectivity index (χ1) is 15.1. The van der Waals surface area contributed by atoms with Crippen LogP contribution in [0, 0.1) is 5.92 Å². The fourth-order valence-electron chi connectivity index (χ4n) is 6.18. The van der Waals surface area contributed by atoms with Crippen molar-refractivity contribution in [3.8, 4) is 5.75 Å². The molecular formula is C24H27N3O3S. The lowest BCUT2D eigenvalue weighted by Crippen LogP contribution is -2.64. The molecule has 0 bridgehead atoms. The van der Waals surface area contributed by atoms with Crippen LogP contribution < -0.4 is 10.4 Å². The molecule has 7 heteroatoms. The number of nitrogens with zero attached hydrogens (tertiary/aromatic N) is 3. The fraction of sp³-hybridized carbons (Fsp3) is 0.500. The number of rotatable bonds is 1. The van der Waals surface area contributed by atoms with Crippen LogP contribution >= 0.6 is 11.8 Å². The third-order valence-corrected chi connectivity index (χ3v) is 9.05. The van der Waals surface area contributed by atoms with Crippen LogP contribution in [0.15, 0.2) is 41.3 Å². The highest BCUT2D eigenvalue weighted by molar-refractivity contribution is 7.99. The van der Waals surface area contributed by atoms with Gasteiger partial charge in [0, 0.05) is 29.8 Å². The first-order valence-electron chi connectivity index (χ1n) is 11.4. The second kappa shape index (κ2) is 7.33. The largest absolute Gasteiger partial charge is 0.502 e. The van der Waals surface area contributed by atoms with Crippen LogP contribution in [0.2, 0.25) is 0 Å². The monoisotopic (exact) mass is 437 g/mol. The summed E-state index contributed by atoms with van der Waals surface area (Å²) >= 11 is 2.07. The van der Waals surface area contributed by atoms with Crippen molar-refractivity contribution in [2.75, 3.05) is 11.6 Å². The SMILES string of the molecule is O=C1c2c(O)c(=O)ccn2N(C2c3ccccc3CSC3CCCC32)C2CCCCN12. The zero-order valence-electron chi connectivity index (χ0n) is 17.4. The van der Waals surface area contributed by atoms with Crippen LogP contribution in [0.1, 0.15) is 66.2 Å². The molecule has 1 aromatic heterocycles. The molecule has 3 aliphatic heterocycles. The van der Waals surface area contributed by atoms with Gasteiger partial charge in [-0.25, -0.2) is 0 Å². The molecule has 0 radical (unpaired) electrons. The molecule has 0 spiro atoms. The van der Waals surface area contributed by atoms with Gasteiger partial charge >= 0.3 is 0 Å². The Morgan fingerprint density at radius 1 is 1.00 bits per heavy atom. The maximum atomic E-state index is 13.4. The van der Waals surface area contributed by atoms with Crippen LogP contribution in [-0.2, 0) is 5.75 Å². The molecule has 4 heterocycles. The molecule has 4 aliphatic rings.